The summed E-state index contributed by atoms with van der Waals surface area (Å²) in [6, 6.07) is -0.305. The quantitative estimate of drug-likeness (QED) is 0.627. The van der Waals surface area contributed by atoms with E-state index in [2.05, 4.69) is 5.32 Å². The predicted molar refractivity (Wildman–Crippen MR) is 51.0 cm³/mol. The highest BCUT2D eigenvalue weighted by atomic mass is 16.5. The average Bonchev–Trinajstić information content (AvgIpc) is 2.12. The van der Waals surface area contributed by atoms with Crippen molar-refractivity contribution in [2.24, 2.45) is 0 Å². The minimum absolute atomic E-state index is 0.00732. The number of carbonyl (C=O) groups is 2. The van der Waals surface area contributed by atoms with Crippen molar-refractivity contribution in [3.8, 4) is 0 Å². The largest absolute Gasteiger partial charge is 0.481 e. The third-order valence-corrected chi connectivity index (χ3v) is 1.72. The highest BCUT2D eigenvalue weighted by molar-refractivity contribution is 5.78. The predicted octanol–water partition coefficient (Wildman–Crippen LogP) is 0.392. The fourth-order valence-electron chi connectivity index (χ4n) is 0.972. The summed E-state index contributed by atoms with van der Waals surface area (Å²) in [4.78, 5) is 21.5. The fourth-order valence-corrected chi connectivity index (χ4v) is 0.972. The molecule has 0 radical (unpaired) electrons. The van der Waals surface area contributed by atoms with Crippen molar-refractivity contribution < 1.29 is 19.4 Å². The summed E-state index contributed by atoms with van der Waals surface area (Å²) in [6.45, 7) is 4.09. The summed E-state index contributed by atoms with van der Waals surface area (Å²) in [5.41, 5.74) is 0. The molecule has 0 aromatic carbocycles. The smallest absolute Gasteiger partial charge is 0.305 e. The molecule has 82 valence electrons. The van der Waals surface area contributed by atoms with Crippen LogP contribution in [0.2, 0.25) is 0 Å². The molecule has 1 amide bonds. The van der Waals surface area contributed by atoms with Crippen molar-refractivity contribution in [1.82, 2.24) is 5.32 Å². The van der Waals surface area contributed by atoms with Crippen LogP contribution in [0, 0.1) is 0 Å². The van der Waals surface area contributed by atoms with Gasteiger partial charge in [-0.15, -0.1) is 0 Å². The van der Waals surface area contributed by atoms with Gasteiger partial charge in [0.05, 0.1) is 6.42 Å². The van der Waals surface area contributed by atoms with Gasteiger partial charge in [-0.1, -0.05) is 6.92 Å². The molecule has 0 saturated heterocycles. The second-order valence-electron chi connectivity index (χ2n) is 2.91. The summed E-state index contributed by atoms with van der Waals surface area (Å²) in [5.74, 6) is -1.17. The molecule has 1 unspecified atom stereocenters. The van der Waals surface area contributed by atoms with E-state index in [9.17, 15) is 9.59 Å². The SMILES string of the molecule is CCOCC(=O)NC(CC)CC(=O)O. The van der Waals surface area contributed by atoms with Gasteiger partial charge in [-0.2, -0.15) is 0 Å². The Labute approximate surface area is 83.4 Å². The highest BCUT2D eigenvalue weighted by Gasteiger charge is 2.13. The first kappa shape index (κ1) is 12.9. The summed E-state index contributed by atoms with van der Waals surface area (Å²) in [5, 5.41) is 11.1. The van der Waals surface area contributed by atoms with E-state index in [4.69, 9.17) is 9.84 Å². The van der Waals surface area contributed by atoms with Crippen molar-refractivity contribution in [1.29, 1.82) is 0 Å². The van der Waals surface area contributed by atoms with E-state index in [1.807, 2.05) is 6.92 Å². The second-order valence-corrected chi connectivity index (χ2v) is 2.91. The van der Waals surface area contributed by atoms with Gasteiger partial charge in [-0.3, -0.25) is 9.59 Å². The number of hydrogen-bond donors (Lipinski definition) is 2. The van der Waals surface area contributed by atoms with E-state index >= 15 is 0 Å². The lowest BCUT2D eigenvalue weighted by Gasteiger charge is -2.14. The van der Waals surface area contributed by atoms with Crippen molar-refractivity contribution in [2.45, 2.75) is 32.7 Å². The number of carboxylic acids is 1. The molecule has 2 N–H and O–H groups in total. The molecule has 0 aliphatic carbocycles. The average molecular weight is 203 g/mol. The summed E-state index contributed by atoms with van der Waals surface area (Å²) < 4.78 is 4.89. The van der Waals surface area contributed by atoms with E-state index in [0.29, 0.717) is 13.0 Å². The van der Waals surface area contributed by atoms with Gasteiger partial charge < -0.3 is 15.2 Å². The van der Waals surface area contributed by atoms with Gasteiger partial charge in [0.25, 0.3) is 0 Å². The summed E-state index contributed by atoms with van der Waals surface area (Å²) in [6.07, 6.45) is 0.554. The molecular weight excluding hydrogens is 186 g/mol. The van der Waals surface area contributed by atoms with Gasteiger partial charge in [0.1, 0.15) is 6.61 Å². The molecule has 0 aliphatic heterocycles. The maximum Gasteiger partial charge on any atom is 0.305 e. The minimum atomic E-state index is -0.909. The van der Waals surface area contributed by atoms with Crippen LogP contribution in [0.15, 0.2) is 0 Å². The van der Waals surface area contributed by atoms with Crippen LogP contribution in [0.5, 0.6) is 0 Å². The molecule has 0 heterocycles. The number of ether oxygens (including phenoxy) is 1. The van der Waals surface area contributed by atoms with Crippen LogP contribution in [0.3, 0.4) is 0 Å². The van der Waals surface area contributed by atoms with Gasteiger partial charge in [-0.25, -0.2) is 0 Å². The minimum Gasteiger partial charge on any atom is -0.481 e. The van der Waals surface area contributed by atoms with Crippen molar-refractivity contribution in [3.63, 3.8) is 0 Å². The zero-order chi connectivity index (χ0) is 11.0. The number of carboxylic acid groups (broad SMARTS) is 1. The standard InChI is InChI=1S/C9H17NO4/c1-3-7(5-9(12)13)10-8(11)6-14-4-2/h7H,3-6H2,1-2H3,(H,10,11)(H,12,13). The molecule has 0 fully saturated rings. The monoisotopic (exact) mass is 203 g/mol. The first-order valence-electron chi connectivity index (χ1n) is 4.69. The molecule has 0 aliphatic rings. The van der Waals surface area contributed by atoms with Crippen molar-refractivity contribution in [2.75, 3.05) is 13.2 Å². The van der Waals surface area contributed by atoms with E-state index < -0.39 is 5.97 Å². The van der Waals surface area contributed by atoms with E-state index in [1.165, 1.54) is 0 Å². The molecule has 14 heavy (non-hydrogen) atoms. The van der Waals surface area contributed by atoms with Gasteiger partial charge in [0.2, 0.25) is 5.91 Å². The Hall–Kier alpha value is -1.10. The number of carbonyl (C=O) groups excluding carboxylic acids is 1. The number of nitrogens with one attached hydrogen (secondary N) is 1. The maximum absolute atomic E-state index is 11.1. The third-order valence-electron chi connectivity index (χ3n) is 1.72. The van der Waals surface area contributed by atoms with Crippen molar-refractivity contribution in [3.05, 3.63) is 0 Å². The molecule has 0 bridgehead atoms. The van der Waals surface area contributed by atoms with Crippen LogP contribution in [-0.4, -0.2) is 36.2 Å². The lowest BCUT2D eigenvalue weighted by atomic mass is 10.1. The number of hydrogen-bond acceptors (Lipinski definition) is 3. The number of rotatable bonds is 7. The second kappa shape index (κ2) is 7.32. The molecular formula is C9H17NO4. The fraction of sp³-hybridized carbons (Fsp3) is 0.778. The molecule has 5 heteroatoms. The van der Waals surface area contributed by atoms with Crippen LogP contribution in [0.25, 0.3) is 0 Å². The first-order valence-corrected chi connectivity index (χ1v) is 4.69. The van der Waals surface area contributed by atoms with Crippen LogP contribution in [0.1, 0.15) is 26.7 Å². The molecule has 0 rings (SSSR count). The molecule has 0 spiro atoms. The topological polar surface area (TPSA) is 75.6 Å². The lowest BCUT2D eigenvalue weighted by Crippen LogP contribution is -2.38. The molecule has 5 nitrogen and oxygen atoms in total. The lowest BCUT2D eigenvalue weighted by molar-refractivity contribution is -0.137. The molecule has 0 saturated carbocycles. The van der Waals surface area contributed by atoms with Gasteiger partial charge in [0, 0.05) is 12.6 Å². The van der Waals surface area contributed by atoms with Gasteiger partial charge >= 0.3 is 5.97 Å². The van der Waals surface area contributed by atoms with E-state index in [1.54, 1.807) is 6.92 Å². The Balaban J connectivity index is 3.80. The van der Waals surface area contributed by atoms with Crippen LogP contribution >= 0.6 is 0 Å². The zero-order valence-electron chi connectivity index (χ0n) is 8.58. The summed E-state index contributed by atoms with van der Waals surface area (Å²) >= 11 is 0. The Morgan fingerprint density at radius 2 is 2.07 bits per heavy atom. The Kier molecular flexibility index (Phi) is 6.74. The van der Waals surface area contributed by atoms with E-state index in [-0.39, 0.29) is 25.0 Å². The first-order chi connectivity index (χ1) is 6.60. The highest BCUT2D eigenvalue weighted by Crippen LogP contribution is 1.97. The summed E-state index contributed by atoms with van der Waals surface area (Å²) in [7, 11) is 0. The Bertz CT molecular complexity index is 193. The molecule has 0 aromatic rings. The number of amides is 1. The zero-order valence-corrected chi connectivity index (χ0v) is 8.58. The third kappa shape index (κ3) is 6.42. The number of aliphatic carboxylic acids is 1. The van der Waals surface area contributed by atoms with Gasteiger partial charge in [0.15, 0.2) is 0 Å². The van der Waals surface area contributed by atoms with Crippen molar-refractivity contribution >= 4 is 11.9 Å². The van der Waals surface area contributed by atoms with E-state index in [0.717, 1.165) is 0 Å². The Morgan fingerprint density at radius 3 is 2.50 bits per heavy atom. The van der Waals surface area contributed by atoms with Crippen LogP contribution in [-0.2, 0) is 14.3 Å². The molecule has 1 atom stereocenters. The van der Waals surface area contributed by atoms with Gasteiger partial charge in [-0.05, 0) is 13.3 Å². The maximum atomic E-state index is 11.1. The van der Waals surface area contributed by atoms with Crippen LogP contribution in [0.4, 0.5) is 0 Å². The van der Waals surface area contributed by atoms with Crippen LogP contribution < -0.4 is 5.32 Å². The normalized spacial score (nSPS) is 12.1. The Morgan fingerprint density at radius 1 is 1.43 bits per heavy atom. The molecule has 0 aromatic heterocycles.